The number of rotatable bonds is 8. The summed E-state index contributed by atoms with van der Waals surface area (Å²) in [5, 5.41) is 13.7. The molecule has 6 heteroatoms. The molecule has 0 bridgehead atoms. The lowest BCUT2D eigenvalue weighted by molar-refractivity contribution is 0.0690. The number of hydrogen-bond donors (Lipinski definition) is 3. The molecule has 3 aromatic rings. The number of aromatic nitrogens is 1. The molecule has 3 N–H and O–H groups in total. The molecule has 0 aliphatic rings. The Labute approximate surface area is 151 Å². The third-order valence-corrected chi connectivity index (χ3v) is 4.22. The van der Waals surface area contributed by atoms with Crippen LogP contribution in [0.3, 0.4) is 0 Å². The van der Waals surface area contributed by atoms with E-state index in [1.54, 1.807) is 13.2 Å². The predicted molar refractivity (Wildman–Crippen MR) is 100.0 cm³/mol. The highest BCUT2D eigenvalue weighted by molar-refractivity contribution is 5.97. The van der Waals surface area contributed by atoms with Crippen LogP contribution in [0.2, 0.25) is 0 Å². The van der Waals surface area contributed by atoms with E-state index in [9.17, 15) is 9.90 Å². The van der Waals surface area contributed by atoms with E-state index in [-0.39, 0.29) is 5.69 Å². The van der Waals surface area contributed by atoms with Gasteiger partial charge in [0, 0.05) is 35.7 Å². The Morgan fingerprint density at radius 3 is 2.73 bits per heavy atom. The average molecular weight is 354 g/mol. The second-order valence-electron chi connectivity index (χ2n) is 5.84. The lowest BCUT2D eigenvalue weighted by Crippen LogP contribution is -2.15. The van der Waals surface area contributed by atoms with Gasteiger partial charge in [0.2, 0.25) is 0 Å². The van der Waals surface area contributed by atoms with E-state index < -0.39 is 5.97 Å². The number of carbonyl (C=O) groups is 1. The average Bonchev–Trinajstić information content (AvgIpc) is 3.01. The number of aromatic carboxylic acids is 1. The summed E-state index contributed by atoms with van der Waals surface area (Å²) in [6.45, 7) is 3.56. The van der Waals surface area contributed by atoms with Crippen LogP contribution in [-0.2, 0) is 13.1 Å². The van der Waals surface area contributed by atoms with E-state index in [0.29, 0.717) is 25.4 Å². The number of aromatic amines is 1. The van der Waals surface area contributed by atoms with Crippen LogP contribution in [0.15, 0.2) is 42.5 Å². The Balaban J connectivity index is 1.82. The van der Waals surface area contributed by atoms with Gasteiger partial charge in [0.05, 0.1) is 19.2 Å². The van der Waals surface area contributed by atoms with Crippen molar-refractivity contribution >= 4 is 16.9 Å². The van der Waals surface area contributed by atoms with E-state index in [0.717, 1.165) is 27.8 Å². The van der Waals surface area contributed by atoms with E-state index in [4.69, 9.17) is 9.47 Å². The Bertz CT molecular complexity index is 917. The fraction of sp³-hybridized carbons (Fsp3) is 0.250. The molecule has 0 radical (unpaired) electrons. The molecule has 0 aliphatic heterocycles. The van der Waals surface area contributed by atoms with Crippen LogP contribution >= 0.6 is 0 Å². The van der Waals surface area contributed by atoms with Gasteiger partial charge in [-0.05, 0) is 25.1 Å². The van der Waals surface area contributed by atoms with E-state index in [2.05, 4.69) is 10.3 Å². The van der Waals surface area contributed by atoms with Crippen LogP contribution in [0.1, 0.15) is 28.5 Å². The normalized spacial score (nSPS) is 10.8. The van der Waals surface area contributed by atoms with Crippen molar-refractivity contribution in [3.63, 3.8) is 0 Å². The molecule has 0 spiro atoms. The lowest BCUT2D eigenvalue weighted by Gasteiger charge is -2.11. The van der Waals surface area contributed by atoms with Crippen LogP contribution in [0.5, 0.6) is 11.5 Å². The zero-order chi connectivity index (χ0) is 18.5. The summed E-state index contributed by atoms with van der Waals surface area (Å²) in [6.07, 6.45) is 0. The summed E-state index contributed by atoms with van der Waals surface area (Å²) in [5.74, 6) is 0.539. The van der Waals surface area contributed by atoms with Crippen LogP contribution in [0.25, 0.3) is 10.9 Å². The first-order valence-electron chi connectivity index (χ1n) is 8.47. The number of H-pyrrole nitrogens is 1. The fourth-order valence-electron chi connectivity index (χ4n) is 3.00. The molecule has 136 valence electrons. The van der Waals surface area contributed by atoms with Gasteiger partial charge in [-0.3, -0.25) is 0 Å². The minimum atomic E-state index is -0.980. The molecule has 0 saturated carbocycles. The number of fused-ring (bicyclic) bond motifs is 1. The summed E-state index contributed by atoms with van der Waals surface area (Å²) >= 11 is 0. The van der Waals surface area contributed by atoms with E-state index in [1.807, 2.05) is 43.3 Å². The van der Waals surface area contributed by atoms with Gasteiger partial charge >= 0.3 is 5.97 Å². The Morgan fingerprint density at radius 2 is 2.00 bits per heavy atom. The first-order valence-corrected chi connectivity index (χ1v) is 8.47. The van der Waals surface area contributed by atoms with Gasteiger partial charge in [-0.15, -0.1) is 0 Å². The minimum absolute atomic E-state index is 0.193. The molecule has 26 heavy (non-hydrogen) atoms. The molecule has 0 aliphatic carbocycles. The Kier molecular flexibility index (Phi) is 5.43. The van der Waals surface area contributed by atoms with Crippen LogP contribution in [-0.4, -0.2) is 29.8 Å². The first-order chi connectivity index (χ1) is 12.6. The van der Waals surface area contributed by atoms with Gasteiger partial charge in [-0.25, -0.2) is 4.79 Å². The monoisotopic (exact) mass is 354 g/mol. The third kappa shape index (κ3) is 3.65. The van der Waals surface area contributed by atoms with Gasteiger partial charge in [-0.2, -0.15) is 0 Å². The number of nitrogens with one attached hydrogen (secondary N) is 2. The molecular formula is C20H22N2O4. The van der Waals surface area contributed by atoms with Crippen LogP contribution < -0.4 is 14.8 Å². The number of carboxylic acids is 1. The number of carboxylic acid groups (broad SMARTS) is 1. The van der Waals surface area contributed by atoms with E-state index in [1.165, 1.54) is 0 Å². The Morgan fingerprint density at radius 1 is 1.19 bits per heavy atom. The highest BCUT2D eigenvalue weighted by Crippen LogP contribution is 2.27. The van der Waals surface area contributed by atoms with Gasteiger partial charge in [0.1, 0.15) is 17.2 Å². The molecule has 0 saturated heterocycles. The smallest absolute Gasteiger partial charge is 0.352 e. The van der Waals surface area contributed by atoms with Gasteiger partial charge in [-0.1, -0.05) is 18.2 Å². The number of hydrogen-bond acceptors (Lipinski definition) is 4. The van der Waals surface area contributed by atoms with Crippen molar-refractivity contribution in [2.24, 2.45) is 0 Å². The molecule has 1 aromatic heterocycles. The second kappa shape index (κ2) is 7.93. The highest BCUT2D eigenvalue weighted by Gasteiger charge is 2.17. The van der Waals surface area contributed by atoms with Crippen LogP contribution in [0.4, 0.5) is 0 Å². The third-order valence-electron chi connectivity index (χ3n) is 4.22. The molecular weight excluding hydrogens is 332 g/mol. The van der Waals surface area contributed by atoms with Gasteiger partial charge in [0.25, 0.3) is 0 Å². The van der Waals surface area contributed by atoms with Crippen molar-refractivity contribution in [1.82, 2.24) is 10.3 Å². The Hall–Kier alpha value is -2.99. The summed E-state index contributed by atoms with van der Waals surface area (Å²) in [5.41, 5.74) is 2.70. The molecule has 0 amide bonds. The van der Waals surface area contributed by atoms with Gasteiger partial charge < -0.3 is 24.9 Å². The van der Waals surface area contributed by atoms with Gasteiger partial charge in [0.15, 0.2) is 0 Å². The summed E-state index contributed by atoms with van der Waals surface area (Å²) in [6, 6.07) is 13.3. The molecule has 2 aromatic carbocycles. The largest absolute Gasteiger partial charge is 0.497 e. The molecule has 3 rings (SSSR count). The molecule has 1 heterocycles. The maximum atomic E-state index is 11.6. The quantitative estimate of drug-likeness (QED) is 0.576. The zero-order valence-corrected chi connectivity index (χ0v) is 14.8. The maximum absolute atomic E-state index is 11.6. The molecule has 0 atom stereocenters. The van der Waals surface area contributed by atoms with Crippen LogP contribution in [0, 0.1) is 0 Å². The summed E-state index contributed by atoms with van der Waals surface area (Å²) in [4.78, 5) is 14.6. The highest BCUT2D eigenvalue weighted by atomic mass is 16.5. The lowest BCUT2D eigenvalue weighted by atomic mass is 10.1. The molecule has 6 nitrogen and oxygen atoms in total. The van der Waals surface area contributed by atoms with Crippen molar-refractivity contribution in [2.75, 3.05) is 13.7 Å². The number of ether oxygens (including phenoxy) is 2. The summed E-state index contributed by atoms with van der Waals surface area (Å²) in [7, 11) is 1.58. The minimum Gasteiger partial charge on any atom is -0.497 e. The summed E-state index contributed by atoms with van der Waals surface area (Å²) < 4.78 is 10.8. The molecule has 0 fully saturated rings. The van der Waals surface area contributed by atoms with Crippen molar-refractivity contribution in [1.29, 1.82) is 0 Å². The topological polar surface area (TPSA) is 83.6 Å². The van der Waals surface area contributed by atoms with Crippen molar-refractivity contribution in [2.45, 2.75) is 20.0 Å². The van der Waals surface area contributed by atoms with Crippen molar-refractivity contribution in [3.05, 3.63) is 59.3 Å². The van der Waals surface area contributed by atoms with E-state index >= 15 is 0 Å². The standard InChI is InChI=1S/C20H22N2O4/c1-3-26-18-7-5-4-6-13(18)11-21-12-16-15-9-8-14(25-2)10-17(15)22-19(16)20(23)24/h4-10,21-22H,3,11-12H2,1-2H3,(H,23,24). The zero-order valence-electron chi connectivity index (χ0n) is 14.8. The maximum Gasteiger partial charge on any atom is 0.352 e. The number of benzene rings is 2. The first kappa shape index (κ1) is 17.8. The molecule has 0 unspecified atom stereocenters. The predicted octanol–water partition coefficient (Wildman–Crippen LogP) is 3.56. The fourth-order valence-corrected chi connectivity index (χ4v) is 3.00. The van der Waals surface area contributed by atoms with Crippen molar-refractivity contribution < 1.29 is 19.4 Å². The number of methoxy groups -OCH3 is 1. The second-order valence-corrected chi connectivity index (χ2v) is 5.84. The number of para-hydroxylation sites is 1. The van der Waals surface area contributed by atoms with Crippen molar-refractivity contribution in [3.8, 4) is 11.5 Å². The SMILES string of the molecule is CCOc1ccccc1CNCc1c(C(=O)O)[nH]c2cc(OC)ccc12.